The predicted octanol–water partition coefficient (Wildman–Crippen LogP) is 2.08. The highest BCUT2D eigenvalue weighted by molar-refractivity contribution is 6.59. The van der Waals surface area contributed by atoms with Gasteiger partial charge in [0.2, 0.25) is 5.82 Å². The van der Waals surface area contributed by atoms with E-state index in [0.29, 0.717) is 0 Å². The molecule has 0 aromatic heterocycles. The van der Waals surface area contributed by atoms with E-state index < -0.39 is 55.7 Å². The fourth-order valence-corrected chi connectivity index (χ4v) is 3.05. The van der Waals surface area contributed by atoms with Gasteiger partial charge in [-0.3, -0.25) is 0 Å². The molecule has 0 radical (unpaired) electrons. The third kappa shape index (κ3) is 4.25. The summed E-state index contributed by atoms with van der Waals surface area (Å²) in [6.07, 6.45) is -0.910. The van der Waals surface area contributed by atoms with Gasteiger partial charge in [-0.05, 0) is 13.8 Å². The molecule has 0 saturated carbocycles. The Morgan fingerprint density at radius 2 is 1.30 bits per heavy atom. The van der Waals surface area contributed by atoms with Gasteiger partial charge >= 0.3 is 14.8 Å². The fraction of sp³-hybridized carbons (Fsp3) is 0.417. The summed E-state index contributed by atoms with van der Waals surface area (Å²) in [6, 6.07) is 0. The molecule has 1 N–H and O–H groups in total. The van der Waals surface area contributed by atoms with E-state index in [2.05, 4.69) is 4.74 Å². The van der Waals surface area contributed by atoms with Crippen LogP contribution in [0.15, 0.2) is 0 Å². The molecule has 23 heavy (non-hydrogen) atoms. The van der Waals surface area contributed by atoms with E-state index in [0.717, 1.165) is 0 Å². The summed E-state index contributed by atoms with van der Waals surface area (Å²) in [5.41, 5.74) is -1.76. The monoisotopic (exact) mass is 360 g/mol. The number of rotatable bonds is 7. The average molecular weight is 360 g/mol. The molecule has 0 amide bonds. The van der Waals surface area contributed by atoms with Crippen LogP contribution in [-0.2, 0) is 13.6 Å². The number of ether oxygens (including phenoxy) is 1. The Labute approximate surface area is 128 Å². The number of hydrogen-bond acceptors (Lipinski definition) is 5. The SMILES string of the molecule is CCO[Si](O)(COC(=O)c1c(F)c(F)c(F)c(F)c1F)OCC. The molecule has 0 unspecified atom stereocenters. The first-order valence-electron chi connectivity index (χ1n) is 6.37. The van der Waals surface area contributed by atoms with Gasteiger partial charge in [-0.15, -0.1) is 0 Å². The molecule has 0 fully saturated rings. The second kappa shape index (κ2) is 7.81. The third-order valence-electron chi connectivity index (χ3n) is 2.54. The van der Waals surface area contributed by atoms with Crippen molar-refractivity contribution in [3.8, 4) is 0 Å². The van der Waals surface area contributed by atoms with Gasteiger partial charge in [0.25, 0.3) is 0 Å². The van der Waals surface area contributed by atoms with Crippen LogP contribution in [0.4, 0.5) is 22.0 Å². The van der Waals surface area contributed by atoms with Crippen molar-refractivity contribution in [2.45, 2.75) is 13.8 Å². The fourth-order valence-electron chi connectivity index (χ4n) is 1.59. The lowest BCUT2D eigenvalue weighted by molar-refractivity contribution is 0.0357. The second-order valence-corrected chi connectivity index (χ2v) is 6.39. The van der Waals surface area contributed by atoms with Crippen LogP contribution < -0.4 is 0 Å². The van der Waals surface area contributed by atoms with Crippen LogP contribution in [0.3, 0.4) is 0 Å². The maximum absolute atomic E-state index is 13.4. The first kappa shape index (κ1) is 19.5. The van der Waals surface area contributed by atoms with Gasteiger partial charge in [0, 0.05) is 13.2 Å². The summed E-state index contributed by atoms with van der Waals surface area (Å²) < 4.78 is 80.0. The number of hydrogen-bond donors (Lipinski definition) is 1. The smallest absolute Gasteiger partial charge is 0.457 e. The first-order valence-corrected chi connectivity index (χ1v) is 8.34. The van der Waals surface area contributed by atoms with Crippen LogP contribution in [0.2, 0.25) is 0 Å². The van der Waals surface area contributed by atoms with E-state index in [-0.39, 0.29) is 13.2 Å². The van der Waals surface area contributed by atoms with E-state index in [4.69, 9.17) is 8.85 Å². The van der Waals surface area contributed by atoms with Crippen molar-refractivity contribution < 1.29 is 45.1 Å². The van der Waals surface area contributed by atoms with Crippen LogP contribution in [-0.4, -0.2) is 39.0 Å². The minimum atomic E-state index is -3.97. The summed E-state index contributed by atoms with van der Waals surface area (Å²) >= 11 is 0. The van der Waals surface area contributed by atoms with Gasteiger partial charge in [0.15, 0.2) is 29.5 Å². The Bertz CT molecular complexity index is 563. The molecular weight excluding hydrogens is 347 g/mol. The average Bonchev–Trinajstić information content (AvgIpc) is 2.50. The Balaban J connectivity index is 3.03. The van der Waals surface area contributed by atoms with Crippen molar-refractivity contribution in [1.82, 2.24) is 0 Å². The molecule has 5 nitrogen and oxygen atoms in total. The van der Waals surface area contributed by atoms with E-state index in [1.165, 1.54) is 13.8 Å². The molecule has 0 aliphatic carbocycles. The summed E-state index contributed by atoms with van der Waals surface area (Å²) in [6.45, 7) is 2.98. The highest BCUT2D eigenvalue weighted by Crippen LogP contribution is 2.23. The Hall–Kier alpha value is -1.56. The molecule has 0 aliphatic heterocycles. The van der Waals surface area contributed by atoms with Crippen LogP contribution in [0.25, 0.3) is 0 Å². The minimum Gasteiger partial charge on any atom is -0.457 e. The number of halogens is 5. The van der Waals surface area contributed by atoms with E-state index >= 15 is 0 Å². The van der Waals surface area contributed by atoms with Crippen molar-refractivity contribution >= 4 is 14.8 Å². The first-order chi connectivity index (χ1) is 10.7. The summed E-state index contributed by atoms with van der Waals surface area (Å²) in [5.74, 6) is -13.5. The molecule has 0 saturated heterocycles. The lowest BCUT2D eigenvalue weighted by atomic mass is 10.1. The molecule has 1 rings (SSSR count). The van der Waals surface area contributed by atoms with Crippen molar-refractivity contribution in [1.29, 1.82) is 0 Å². The van der Waals surface area contributed by atoms with Gasteiger partial charge in [-0.1, -0.05) is 0 Å². The predicted molar refractivity (Wildman–Crippen MR) is 67.7 cm³/mol. The van der Waals surface area contributed by atoms with Gasteiger partial charge < -0.3 is 18.4 Å². The Morgan fingerprint density at radius 3 is 1.70 bits per heavy atom. The molecule has 11 heteroatoms. The number of benzene rings is 1. The van der Waals surface area contributed by atoms with E-state index in [9.17, 15) is 31.5 Å². The number of carbonyl (C=O) groups excluding carboxylic acids is 1. The summed E-state index contributed by atoms with van der Waals surface area (Å²) in [4.78, 5) is 21.5. The number of esters is 1. The number of carbonyl (C=O) groups is 1. The summed E-state index contributed by atoms with van der Waals surface area (Å²) in [5, 5.41) is 0. The zero-order valence-electron chi connectivity index (χ0n) is 12.1. The lowest BCUT2D eigenvalue weighted by Gasteiger charge is -2.22. The summed E-state index contributed by atoms with van der Waals surface area (Å²) in [7, 11) is -3.97. The van der Waals surface area contributed by atoms with Crippen molar-refractivity contribution in [3.05, 3.63) is 34.6 Å². The van der Waals surface area contributed by atoms with Crippen LogP contribution in [0.1, 0.15) is 24.2 Å². The lowest BCUT2D eigenvalue weighted by Crippen LogP contribution is -2.48. The van der Waals surface area contributed by atoms with Gasteiger partial charge in [-0.25, -0.2) is 26.7 Å². The molecule has 0 bridgehead atoms. The van der Waals surface area contributed by atoms with E-state index in [1.807, 2.05) is 0 Å². The Kier molecular flexibility index (Phi) is 6.62. The van der Waals surface area contributed by atoms with Crippen molar-refractivity contribution in [2.24, 2.45) is 0 Å². The molecule has 0 spiro atoms. The van der Waals surface area contributed by atoms with E-state index in [1.54, 1.807) is 0 Å². The molecule has 1 aromatic carbocycles. The molecular formula is C12H13F5O5Si. The van der Waals surface area contributed by atoms with Crippen LogP contribution in [0, 0.1) is 29.1 Å². The third-order valence-corrected chi connectivity index (χ3v) is 4.53. The topological polar surface area (TPSA) is 65.0 Å². The largest absolute Gasteiger partial charge is 0.538 e. The molecule has 0 atom stereocenters. The normalized spacial score (nSPS) is 11.7. The van der Waals surface area contributed by atoms with Gasteiger partial charge in [0.05, 0.1) is 0 Å². The zero-order valence-corrected chi connectivity index (χ0v) is 13.1. The second-order valence-electron chi connectivity index (χ2n) is 4.10. The van der Waals surface area contributed by atoms with Crippen molar-refractivity contribution in [2.75, 3.05) is 19.4 Å². The molecule has 0 heterocycles. The Morgan fingerprint density at radius 1 is 0.913 bits per heavy atom. The quantitative estimate of drug-likeness (QED) is 0.265. The molecule has 130 valence electrons. The molecule has 1 aromatic rings. The highest BCUT2D eigenvalue weighted by Gasteiger charge is 2.40. The maximum atomic E-state index is 13.4. The maximum Gasteiger partial charge on any atom is 0.538 e. The zero-order chi connectivity index (χ0) is 17.8. The van der Waals surface area contributed by atoms with Crippen molar-refractivity contribution in [3.63, 3.8) is 0 Å². The van der Waals surface area contributed by atoms with Crippen LogP contribution in [0.5, 0.6) is 0 Å². The van der Waals surface area contributed by atoms with Gasteiger partial charge in [0.1, 0.15) is 5.56 Å². The highest BCUT2D eigenvalue weighted by atomic mass is 28.4. The van der Waals surface area contributed by atoms with Gasteiger partial charge in [-0.2, -0.15) is 0 Å². The standard InChI is InChI=1S/C12H13F5O5Si/c1-3-21-23(19,22-4-2)5-20-12(18)6-7(13)9(15)11(17)10(16)8(6)14/h19H,3-5H2,1-2H3. The minimum absolute atomic E-state index is 0.0111. The van der Waals surface area contributed by atoms with Crippen LogP contribution >= 0.6 is 0 Å². The molecule has 0 aliphatic rings.